The number of phenols is 1. The highest BCUT2D eigenvalue weighted by atomic mass is 16.4. The molecule has 4 aromatic rings. The van der Waals surface area contributed by atoms with Gasteiger partial charge in [-0.25, -0.2) is 9.97 Å². The van der Waals surface area contributed by atoms with Gasteiger partial charge < -0.3 is 13.9 Å². The molecule has 0 atom stereocenters. The lowest BCUT2D eigenvalue weighted by Crippen LogP contribution is -1.75. The van der Waals surface area contributed by atoms with E-state index < -0.39 is 0 Å². The number of hydrogen-bond donors (Lipinski definition) is 1. The third-order valence-electron chi connectivity index (χ3n) is 2.85. The van der Waals surface area contributed by atoms with Crippen molar-refractivity contribution in [3.05, 3.63) is 42.5 Å². The SMILES string of the molecule is Oc1ccc2nc(-c3nc4ccccc4o3)oc2c1. The van der Waals surface area contributed by atoms with Crippen LogP contribution in [0.15, 0.2) is 51.3 Å². The molecule has 0 saturated heterocycles. The van der Waals surface area contributed by atoms with E-state index in [2.05, 4.69) is 9.97 Å². The molecule has 0 bridgehead atoms. The van der Waals surface area contributed by atoms with E-state index in [9.17, 15) is 5.11 Å². The average molecular weight is 252 g/mol. The Morgan fingerprint density at radius 3 is 2.26 bits per heavy atom. The van der Waals surface area contributed by atoms with E-state index >= 15 is 0 Å². The van der Waals surface area contributed by atoms with E-state index in [-0.39, 0.29) is 5.75 Å². The van der Waals surface area contributed by atoms with Gasteiger partial charge in [0.25, 0.3) is 11.8 Å². The maximum absolute atomic E-state index is 9.40. The molecule has 1 N–H and O–H groups in total. The van der Waals surface area contributed by atoms with Crippen LogP contribution in [0.25, 0.3) is 34.0 Å². The zero-order valence-electron chi connectivity index (χ0n) is 9.70. The number of aromatic nitrogens is 2. The van der Waals surface area contributed by atoms with Crippen LogP contribution in [0.1, 0.15) is 0 Å². The molecular formula is C14H8N2O3. The standard InChI is InChI=1S/C14H8N2O3/c17-8-5-6-10-12(7-8)19-14(16-10)13-15-9-3-1-2-4-11(9)18-13/h1-7,17H. The second-order valence-electron chi connectivity index (χ2n) is 4.16. The van der Waals surface area contributed by atoms with Gasteiger partial charge in [-0.1, -0.05) is 12.1 Å². The van der Waals surface area contributed by atoms with Crippen molar-refractivity contribution in [1.29, 1.82) is 0 Å². The first-order valence-electron chi connectivity index (χ1n) is 5.75. The molecule has 0 amide bonds. The van der Waals surface area contributed by atoms with Crippen molar-refractivity contribution in [3.63, 3.8) is 0 Å². The lowest BCUT2D eigenvalue weighted by Gasteiger charge is -1.87. The van der Waals surface area contributed by atoms with Crippen molar-refractivity contribution in [1.82, 2.24) is 9.97 Å². The second-order valence-corrected chi connectivity index (χ2v) is 4.16. The van der Waals surface area contributed by atoms with Crippen molar-refractivity contribution in [2.45, 2.75) is 0 Å². The predicted molar refractivity (Wildman–Crippen MR) is 68.7 cm³/mol. The monoisotopic (exact) mass is 252 g/mol. The number of hydrogen-bond acceptors (Lipinski definition) is 5. The third kappa shape index (κ3) is 1.55. The van der Waals surface area contributed by atoms with Gasteiger partial charge in [0.05, 0.1) is 0 Å². The van der Waals surface area contributed by atoms with Gasteiger partial charge in [-0.15, -0.1) is 0 Å². The van der Waals surface area contributed by atoms with Crippen LogP contribution in [0.3, 0.4) is 0 Å². The molecule has 92 valence electrons. The summed E-state index contributed by atoms with van der Waals surface area (Å²) in [4.78, 5) is 8.60. The fraction of sp³-hybridized carbons (Fsp3) is 0. The Morgan fingerprint density at radius 2 is 1.47 bits per heavy atom. The molecule has 0 spiro atoms. The van der Waals surface area contributed by atoms with Crippen LogP contribution in [0.2, 0.25) is 0 Å². The summed E-state index contributed by atoms with van der Waals surface area (Å²) in [6, 6.07) is 12.2. The van der Waals surface area contributed by atoms with Gasteiger partial charge in [-0.3, -0.25) is 0 Å². The van der Waals surface area contributed by atoms with E-state index in [0.29, 0.717) is 28.5 Å². The predicted octanol–water partition coefficient (Wildman–Crippen LogP) is 3.34. The maximum Gasteiger partial charge on any atom is 0.284 e. The van der Waals surface area contributed by atoms with E-state index in [1.165, 1.54) is 6.07 Å². The third-order valence-corrected chi connectivity index (χ3v) is 2.85. The van der Waals surface area contributed by atoms with Crippen LogP contribution >= 0.6 is 0 Å². The molecule has 0 aliphatic carbocycles. The first-order valence-corrected chi connectivity index (χ1v) is 5.75. The summed E-state index contributed by atoms with van der Waals surface area (Å²) in [5.41, 5.74) is 2.58. The smallest absolute Gasteiger partial charge is 0.284 e. The lowest BCUT2D eigenvalue weighted by molar-refractivity contribution is 0.474. The fourth-order valence-electron chi connectivity index (χ4n) is 1.97. The Morgan fingerprint density at radius 1 is 0.789 bits per heavy atom. The van der Waals surface area contributed by atoms with Crippen molar-refractivity contribution in [2.75, 3.05) is 0 Å². The largest absolute Gasteiger partial charge is 0.508 e. The summed E-state index contributed by atoms with van der Waals surface area (Å²) in [5, 5.41) is 9.40. The van der Waals surface area contributed by atoms with E-state index in [4.69, 9.17) is 8.83 Å². The topological polar surface area (TPSA) is 72.3 Å². The van der Waals surface area contributed by atoms with Gasteiger partial charge in [-0.2, -0.15) is 0 Å². The minimum absolute atomic E-state index is 0.132. The van der Waals surface area contributed by atoms with Gasteiger partial charge in [0, 0.05) is 6.07 Å². The molecule has 0 fully saturated rings. The normalized spacial score (nSPS) is 11.4. The number of oxazole rings is 2. The van der Waals surface area contributed by atoms with Crippen molar-refractivity contribution in [2.24, 2.45) is 0 Å². The van der Waals surface area contributed by atoms with Gasteiger partial charge in [-0.05, 0) is 24.3 Å². The average Bonchev–Trinajstić information content (AvgIpc) is 3.00. The summed E-state index contributed by atoms with van der Waals surface area (Å²) in [6.45, 7) is 0. The van der Waals surface area contributed by atoms with Crippen LogP contribution in [0, 0.1) is 0 Å². The number of rotatable bonds is 1. The highest BCUT2D eigenvalue weighted by Crippen LogP contribution is 2.28. The first-order chi connectivity index (χ1) is 9.29. The number of nitrogens with zero attached hydrogens (tertiary/aromatic N) is 2. The minimum atomic E-state index is 0.132. The molecule has 2 aromatic heterocycles. The van der Waals surface area contributed by atoms with Gasteiger partial charge in [0.15, 0.2) is 11.2 Å². The summed E-state index contributed by atoms with van der Waals surface area (Å²) >= 11 is 0. The number of para-hydroxylation sites is 2. The number of benzene rings is 2. The minimum Gasteiger partial charge on any atom is -0.508 e. The zero-order valence-corrected chi connectivity index (χ0v) is 9.70. The summed E-state index contributed by atoms with van der Waals surface area (Å²) in [7, 11) is 0. The van der Waals surface area contributed by atoms with Crippen LogP contribution in [0.5, 0.6) is 5.75 Å². The first kappa shape index (κ1) is 10.1. The Bertz CT molecular complexity index is 859. The van der Waals surface area contributed by atoms with E-state index in [1.807, 2.05) is 24.3 Å². The fourth-order valence-corrected chi connectivity index (χ4v) is 1.97. The lowest BCUT2D eigenvalue weighted by atomic mass is 10.3. The quantitative estimate of drug-likeness (QED) is 0.562. The van der Waals surface area contributed by atoms with Crippen LogP contribution in [-0.2, 0) is 0 Å². The van der Waals surface area contributed by atoms with Gasteiger partial charge in [0.2, 0.25) is 0 Å². The second kappa shape index (κ2) is 3.58. The maximum atomic E-state index is 9.40. The molecule has 5 heteroatoms. The molecule has 0 aliphatic heterocycles. The molecule has 0 aliphatic rings. The number of fused-ring (bicyclic) bond motifs is 2. The van der Waals surface area contributed by atoms with Gasteiger partial charge >= 0.3 is 0 Å². The Hall–Kier alpha value is -2.82. The molecule has 4 rings (SSSR count). The Labute approximate surface area is 107 Å². The molecule has 0 radical (unpaired) electrons. The summed E-state index contributed by atoms with van der Waals surface area (Å²) < 4.78 is 11.1. The van der Waals surface area contributed by atoms with Crippen molar-refractivity contribution in [3.8, 4) is 17.5 Å². The Kier molecular flexibility index (Phi) is 1.91. The number of phenolic OH excluding ortho intramolecular Hbond substituents is 1. The highest BCUT2D eigenvalue weighted by Gasteiger charge is 2.14. The molecule has 0 unspecified atom stereocenters. The van der Waals surface area contributed by atoms with Gasteiger partial charge in [0.1, 0.15) is 16.8 Å². The highest BCUT2D eigenvalue weighted by molar-refractivity contribution is 5.78. The molecule has 5 nitrogen and oxygen atoms in total. The van der Waals surface area contributed by atoms with E-state index in [1.54, 1.807) is 12.1 Å². The van der Waals surface area contributed by atoms with Crippen LogP contribution in [-0.4, -0.2) is 15.1 Å². The molecule has 2 heterocycles. The number of aromatic hydroxyl groups is 1. The summed E-state index contributed by atoms with van der Waals surface area (Å²) in [6.07, 6.45) is 0. The molecule has 0 saturated carbocycles. The van der Waals surface area contributed by atoms with Crippen LogP contribution < -0.4 is 0 Å². The molecule has 2 aromatic carbocycles. The summed E-state index contributed by atoms with van der Waals surface area (Å²) in [5.74, 6) is 0.765. The molecule has 19 heavy (non-hydrogen) atoms. The zero-order chi connectivity index (χ0) is 12.8. The molecular weight excluding hydrogens is 244 g/mol. The van der Waals surface area contributed by atoms with Crippen LogP contribution in [0.4, 0.5) is 0 Å². The van der Waals surface area contributed by atoms with Crippen molar-refractivity contribution < 1.29 is 13.9 Å². The van der Waals surface area contributed by atoms with Crippen molar-refractivity contribution >= 4 is 22.2 Å². The van der Waals surface area contributed by atoms with E-state index in [0.717, 1.165) is 5.52 Å². The Balaban J connectivity index is 1.93.